The van der Waals surface area contributed by atoms with Crippen molar-refractivity contribution in [3.63, 3.8) is 0 Å². The number of rotatable bonds is 2. The molecule has 0 saturated carbocycles. The molecular formula is C15H13N3. The lowest BCUT2D eigenvalue weighted by Crippen LogP contribution is -1.97. The topological polar surface area (TPSA) is 30.2 Å². The molecule has 0 aliphatic carbocycles. The van der Waals surface area contributed by atoms with Gasteiger partial charge in [0.1, 0.15) is 0 Å². The van der Waals surface area contributed by atoms with E-state index in [0.29, 0.717) is 0 Å². The lowest BCUT2D eigenvalue weighted by molar-refractivity contribution is 0.892. The van der Waals surface area contributed by atoms with Crippen LogP contribution in [0.5, 0.6) is 0 Å². The lowest BCUT2D eigenvalue weighted by Gasteiger charge is -2.04. The summed E-state index contributed by atoms with van der Waals surface area (Å²) in [5.41, 5.74) is 4.84. The first-order valence-electron chi connectivity index (χ1n) is 5.83. The van der Waals surface area contributed by atoms with E-state index in [0.717, 1.165) is 28.3 Å². The van der Waals surface area contributed by atoms with E-state index in [1.165, 1.54) is 0 Å². The second-order valence-electron chi connectivity index (χ2n) is 4.19. The van der Waals surface area contributed by atoms with Gasteiger partial charge in [0.25, 0.3) is 0 Å². The van der Waals surface area contributed by atoms with Gasteiger partial charge in [-0.3, -0.25) is 0 Å². The molecule has 0 saturated heterocycles. The molecule has 2 heterocycles. The molecule has 3 heteroatoms. The summed E-state index contributed by atoms with van der Waals surface area (Å²) in [6, 6.07) is 14.1. The fraction of sp³-hybridized carbons (Fsp3) is 0.0667. The van der Waals surface area contributed by atoms with E-state index < -0.39 is 0 Å². The molecule has 0 radical (unpaired) electrons. The number of fused-ring (bicyclic) bond motifs is 1. The largest absolute Gasteiger partial charge is 0.229 e. The summed E-state index contributed by atoms with van der Waals surface area (Å²) < 4.78 is 1.84. The van der Waals surface area contributed by atoms with Gasteiger partial charge in [-0.05, 0) is 19.1 Å². The Kier molecular flexibility index (Phi) is 2.45. The third kappa shape index (κ3) is 1.70. The SMILES string of the molecule is C=Cc1cc2nc(-c3ccccc3)cc(C)n2n1. The Labute approximate surface area is 105 Å². The van der Waals surface area contributed by atoms with Crippen LogP contribution in [0.4, 0.5) is 0 Å². The van der Waals surface area contributed by atoms with Crippen LogP contribution < -0.4 is 0 Å². The van der Waals surface area contributed by atoms with Gasteiger partial charge in [0.05, 0.1) is 11.4 Å². The van der Waals surface area contributed by atoms with Crippen molar-refractivity contribution >= 4 is 11.7 Å². The Balaban J connectivity index is 2.24. The monoisotopic (exact) mass is 235 g/mol. The van der Waals surface area contributed by atoms with Crippen molar-refractivity contribution in [2.75, 3.05) is 0 Å². The van der Waals surface area contributed by atoms with E-state index in [9.17, 15) is 0 Å². The minimum absolute atomic E-state index is 0.843. The quantitative estimate of drug-likeness (QED) is 0.682. The number of aromatic nitrogens is 3. The average Bonchev–Trinajstić information content (AvgIpc) is 2.83. The van der Waals surface area contributed by atoms with Crippen LogP contribution in [0.3, 0.4) is 0 Å². The summed E-state index contributed by atoms with van der Waals surface area (Å²) in [6.45, 7) is 5.76. The maximum absolute atomic E-state index is 4.63. The van der Waals surface area contributed by atoms with E-state index in [1.807, 2.05) is 41.8 Å². The summed E-state index contributed by atoms with van der Waals surface area (Å²) in [5.74, 6) is 0. The van der Waals surface area contributed by atoms with Crippen LogP contribution in [0.25, 0.3) is 23.0 Å². The highest BCUT2D eigenvalue weighted by molar-refractivity contribution is 5.63. The molecule has 1 aromatic carbocycles. The molecule has 18 heavy (non-hydrogen) atoms. The van der Waals surface area contributed by atoms with Crippen molar-refractivity contribution < 1.29 is 0 Å². The minimum atomic E-state index is 0.843. The van der Waals surface area contributed by atoms with Gasteiger partial charge in [0.2, 0.25) is 0 Å². The van der Waals surface area contributed by atoms with E-state index >= 15 is 0 Å². The van der Waals surface area contributed by atoms with Crippen LogP contribution in [0.1, 0.15) is 11.4 Å². The molecule has 0 aliphatic rings. The maximum Gasteiger partial charge on any atom is 0.156 e. The van der Waals surface area contributed by atoms with Crippen molar-refractivity contribution in [1.29, 1.82) is 0 Å². The fourth-order valence-corrected chi connectivity index (χ4v) is 2.00. The Morgan fingerprint density at radius 1 is 1.17 bits per heavy atom. The zero-order valence-electron chi connectivity index (χ0n) is 10.2. The Morgan fingerprint density at radius 3 is 2.67 bits per heavy atom. The normalized spacial score (nSPS) is 10.7. The van der Waals surface area contributed by atoms with E-state index in [4.69, 9.17) is 0 Å². The molecule has 0 bridgehead atoms. The molecule has 0 atom stereocenters. The number of hydrogen-bond donors (Lipinski definition) is 0. The van der Waals surface area contributed by atoms with Crippen molar-refractivity contribution in [1.82, 2.24) is 14.6 Å². The first-order chi connectivity index (χ1) is 8.78. The highest BCUT2D eigenvalue weighted by Crippen LogP contribution is 2.19. The number of hydrogen-bond acceptors (Lipinski definition) is 2. The summed E-state index contributed by atoms with van der Waals surface area (Å²) >= 11 is 0. The molecule has 3 rings (SSSR count). The van der Waals surface area contributed by atoms with Gasteiger partial charge in [-0.25, -0.2) is 9.50 Å². The first kappa shape index (κ1) is 10.7. The molecule has 0 unspecified atom stereocenters. The molecular weight excluding hydrogens is 222 g/mol. The van der Waals surface area contributed by atoms with Gasteiger partial charge in [0, 0.05) is 17.3 Å². The Hall–Kier alpha value is -2.42. The molecule has 0 amide bonds. The van der Waals surface area contributed by atoms with Crippen LogP contribution in [-0.4, -0.2) is 14.6 Å². The van der Waals surface area contributed by atoms with E-state index in [2.05, 4.69) is 28.8 Å². The third-order valence-electron chi connectivity index (χ3n) is 2.90. The fourth-order valence-electron chi connectivity index (χ4n) is 2.00. The second-order valence-corrected chi connectivity index (χ2v) is 4.19. The molecule has 3 aromatic rings. The molecule has 0 spiro atoms. The highest BCUT2D eigenvalue weighted by Gasteiger charge is 2.06. The number of aryl methyl sites for hydroxylation is 1. The Bertz CT molecular complexity index is 711. The first-order valence-corrected chi connectivity index (χ1v) is 5.83. The van der Waals surface area contributed by atoms with Gasteiger partial charge in [-0.1, -0.05) is 36.9 Å². The highest BCUT2D eigenvalue weighted by atomic mass is 15.3. The summed E-state index contributed by atoms with van der Waals surface area (Å²) in [5, 5.41) is 4.40. The van der Waals surface area contributed by atoms with Gasteiger partial charge in [-0.2, -0.15) is 5.10 Å². The van der Waals surface area contributed by atoms with Crippen molar-refractivity contribution in [2.24, 2.45) is 0 Å². The third-order valence-corrected chi connectivity index (χ3v) is 2.90. The van der Waals surface area contributed by atoms with Crippen LogP contribution in [0.15, 0.2) is 49.0 Å². The molecule has 0 aliphatic heterocycles. The zero-order valence-corrected chi connectivity index (χ0v) is 10.2. The molecule has 0 fully saturated rings. The van der Waals surface area contributed by atoms with Gasteiger partial charge in [-0.15, -0.1) is 0 Å². The minimum Gasteiger partial charge on any atom is -0.229 e. The predicted molar refractivity (Wildman–Crippen MR) is 73.3 cm³/mol. The van der Waals surface area contributed by atoms with E-state index in [-0.39, 0.29) is 0 Å². The second kappa shape index (κ2) is 4.11. The summed E-state index contributed by atoms with van der Waals surface area (Å²) in [6.07, 6.45) is 1.73. The molecule has 0 N–H and O–H groups in total. The molecule has 3 nitrogen and oxygen atoms in total. The van der Waals surface area contributed by atoms with Gasteiger partial charge in [0.15, 0.2) is 5.65 Å². The van der Waals surface area contributed by atoms with E-state index in [1.54, 1.807) is 6.08 Å². The smallest absolute Gasteiger partial charge is 0.156 e. The zero-order chi connectivity index (χ0) is 12.5. The molecule has 2 aromatic heterocycles. The molecule has 88 valence electrons. The van der Waals surface area contributed by atoms with Gasteiger partial charge >= 0.3 is 0 Å². The van der Waals surface area contributed by atoms with Crippen LogP contribution in [-0.2, 0) is 0 Å². The van der Waals surface area contributed by atoms with Crippen molar-refractivity contribution in [3.05, 3.63) is 60.4 Å². The van der Waals surface area contributed by atoms with Crippen LogP contribution in [0.2, 0.25) is 0 Å². The van der Waals surface area contributed by atoms with Crippen molar-refractivity contribution in [2.45, 2.75) is 6.92 Å². The van der Waals surface area contributed by atoms with Crippen LogP contribution in [0, 0.1) is 6.92 Å². The standard InChI is InChI=1S/C15H13N3/c1-3-13-10-15-16-14(9-11(2)18(15)17-13)12-7-5-4-6-8-12/h3-10H,1H2,2H3. The summed E-state index contributed by atoms with van der Waals surface area (Å²) in [4.78, 5) is 4.63. The Morgan fingerprint density at radius 2 is 1.94 bits per heavy atom. The van der Waals surface area contributed by atoms with Gasteiger partial charge < -0.3 is 0 Å². The summed E-state index contributed by atoms with van der Waals surface area (Å²) in [7, 11) is 0. The average molecular weight is 235 g/mol. The van der Waals surface area contributed by atoms with Crippen molar-refractivity contribution in [3.8, 4) is 11.3 Å². The lowest BCUT2D eigenvalue weighted by atomic mass is 10.1. The predicted octanol–water partition coefficient (Wildman–Crippen LogP) is 3.35. The maximum atomic E-state index is 4.63. The number of benzene rings is 1. The van der Waals surface area contributed by atoms with Crippen LogP contribution >= 0.6 is 0 Å². The number of nitrogens with zero attached hydrogens (tertiary/aromatic N) is 3.